The molecule has 0 bridgehead atoms. The number of nitrogens with zero attached hydrogens (tertiary/aromatic N) is 2. The van der Waals surface area contributed by atoms with Crippen LogP contribution in [0.25, 0.3) is 0 Å². The molecule has 0 aliphatic carbocycles. The molecule has 0 radical (unpaired) electrons. The Balaban J connectivity index is 2.05. The van der Waals surface area contributed by atoms with Gasteiger partial charge in [0.1, 0.15) is 5.82 Å². The first kappa shape index (κ1) is 12.3. The van der Waals surface area contributed by atoms with Gasteiger partial charge in [0, 0.05) is 0 Å². The summed E-state index contributed by atoms with van der Waals surface area (Å²) >= 11 is 0. The SMILES string of the molecule is Cc1ccc(C)c(CC(=O)Nc2n[nH]c(C)n2)c1. The van der Waals surface area contributed by atoms with Crippen LogP contribution >= 0.6 is 0 Å². The summed E-state index contributed by atoms with van der Waals surface area (Å²) in [5.41, 5.74) is 3.29. The number of nitrogens with one attached hydrogen (secondary N) is 2. The van der Waals surface area contributed by atoms with Gasteiger partial charge in [-0.25, -0.2) is 0 Å². The van der Waals surface area contributed by atoms with E-state index in [9.17, 15) is 4.79 Å². The zero-order valence-corrected chi connectivity index (χ0v) is 10.7. The maximum Gasteiger partial charge on any atom is 0.248 e. The zero-order valence-electron chi connectivity index (χ0n) is 10.7. The lowest BCUT2D eigenvalue weighted by molar-refractivity contribution is -0.115. The van der Waals surface area contributed by atoms with Gasteiger partial charge in [0.25, 0.3) is 0 Å². The molecule has 2 N–H and O–H groups in total. The van der Waals surface area contributed by atoms with Gasteiger partial charge in [0.15, 0.2) is 0 Å². The van der Waals surface area contributed by atoms with Crippen molar-refractivity contribution in [3.63, 3.8) is 0 Å². The third-order valence-corrected chi connectivity index (χ3v) is 2.70. The van der Waals surface area contributed by atoms with Crippen molar-refractivity contribution in [3.8, 4) is 0 Å². The van der Waals surface area contributed by atoms with E-state index in [0.29, 0.717) is 18.2 Å². The van der Waals surface area contributed by atoms with E-state index < -0.39 is 0 Å². The average Bonchev–Trinajstić information content (AvgIpc) is 2.69. The highest BCUT2D eigenvalue weighted by Gasteiger charge is 2.09. The van der Waals surface area contributed by atoms with E-state index in [4.69, 9.17) is 0 Å². The van der Waals surface area contributed by atoms with E-state index in [1.165, 1.54) is 0 Å². The van der Waals surface area contributed by atoms with Crippen molar-refractivity contribution in [1.29, 1.82) is 0 Å². The molecular formula is C13H16N4O. The van der Waals surface area contributed by atoms with Crippen molar-refractivity contribution in [2.24, 2.45) is 0 Å². The number of hydrogen-bond donors (Lipinski definition) is 2. The lowest BCUT2D eigenvalue weighted by Crippen LogP contribution is -2.16. The second-order valence-electron chi connectivity index (χ2n) is 4.40. The molecule has 2 aromatic rings. The van der Waals surface area contributed by atoms with Crippen LogP contribution in [0.3, 0.4) is 0 Å². The summed E-state index contributed by atoms with van der Waals surface area (Å²) in [5, 5.41) is 9.22. The number of aromatic nitrogens is 3. The molecule has 0 unspecified atom stereocenters. The topological polar surface area (TPSA) is 70.7 Å². The minimum absolute atomic E-state index is 0.109. The molecule has 18 heavy (non-hydrogen) atoms. The molecule has 0 saturated heterocycles. The van der Waals surface area contributed by atoms with Crippen LogP contribution in [-0.2, 0) is 11.2 Å². The fourth-order valence-electron chi connectivity index (χ4n) is 1.73. The van der Waals surface area contributed by atoms with Gasteiger partial charge in [-0.05, 0) is 31.9 Å². The molecule has 0 aliphatic rings. The van der Waals surface area contributed by atoms with Gasteiger partial charge in [-0.1, -0.05) is 23.8 Å². The van der Waals surface area contributed by atoms with Crippen molar-refractivity contribution in [1.82, 2.24) is 15.2 Å². The van der Waals surface area contributed by atoms with Gasteiger partial charge in [-0.2, -0.15) is 4.98 Å². The summed E-state index contributed by atoms with van der Waals surface area (Å²) in [6.45, 7) is 5.80. The maximum atomic E-state index is 11.8. The largest absolute Gasteiger partial charge is 0.293 e. The predicted octanol–water partition coefficient (Wildman–Crippen LogP) is 1.91. The normalized spacial score (nSPS) is 10.4. The molecule has 2 rings (SSSR count). The number of amides is 1. The second kappa shape index (κ2) is 5.00. The predicted molar refractivity (Wildman–Crippen MR) is 69.4 cm³/mol. The molecule has 94 valence electrons. The van der Waals surface area contributed by atoms with Gasteiger partial charge >= 0.3 is 0 Å². The van der Waals surface area contributed by atoms with Gasteiger partial charge in [-0.15, -0.1) is 5.10 Å². The number of H-pyrrole nitrogens is 1. The van der Waals surface area contributed by atoms with E-state index in [2.05, 4.69) is 20.5 Å². The fourth-order valence-corrected chi connectivity index (χ4v) is 1.73. The molecule has 1 amide bonds. The van der Waals surface area contributed by atoms with Crippen LogP contribution in [0.15, 0.2) is 18.2 Å². The molecule has 0 saturated carbocycles. The number of aromatic amines is 1. The van der Waals surface area contributed by atoms with Crippen LogP contribution in [0.5, 0.6) is 0 Å². The highest BCUT2D eigenvalue weighted by Crippen LogP contribution is 2.12. The van der Waals surface area contributed by atoms with Gasteiger partial charge in [-0.3, -0.25) is 15.2 Å². The number of rotatable bonds is 3. The van der Waals surface area contributed by atoms with Crippen molar-refractivity contribution < 1.29 is 4.79 Å². The Morgan fingerprint density at radius 1 is 1.33 bits per heavy atom. The molecule has 0 atom stereocenters. The third-order valence-electron chi connectivity index (χ3n) is 2.70. The molecular weight excluding hydrogens is 228 g/mol. The minimum Gasteiger partial charge on any atom is -0.293 e. The Labute approximate surface area is 106 Å². The number of carbonyl (C=O) groups excluding carboxylic acids is 1. The Hall–Kier alpha value is -2.17. The first-order valence-corrected chi connectivity index (χ1v) is 5.79. The maximum absolute atomic E-state index is 11.8. The van der Waals surface area contributed by atoms with Gasteiger partial charge < -0.3 is 0 Å². The van der Waals surface area contributed by atoms with Gasteiger partial charge in [0.05, 0.1) is 6.42 Å². The van der Waals surface area contributed by atoms with Crippen molar-refractivity contribution >= 4 is 11.9 Å². The summed E-state index contributed by atoms with van der Waals surface area (Å²) in [5.74, 6) is 0.891. The lowest BCUT2D eigenvalue weighted by atomic mass is 10.0. The van der Waals surface area contributed by atoms with Crippen LogP contribution in [0.4, 0.5) is 5.95 Å². The number of carbonyl (C=O) groups is 1. The summed E-state index contributed by atoms with van der Waals surface area (Å²) in [6, 6.07) is 6.09. The smallest absolute Gasteiger partial charge is 0.248 e. The molecule has 1 aromatic carbocycles. The number of hydrogen-bond acceptors (Lipinski definition) is 3. The molecule has 5 nitrogen and oxygen atoms in total. The van der Waals surface area contributed by atoms with Crippen LogP contribution in [0.2, 0.25) is 0 Å². The lowest BCUT2D eigenvalue weighted by Gasteiger charge is -2.06. The second-order valence-corrected chi connectivity index (χ2v) is 4.40. The van der Waals surface area contributed by atoms with Crippen molar-refractivity contribution in [2.75, 3.05) is 5.32 Å². The average molecular weight is 244 g/mol. The first-order valence-electron chi connectivity index (χ1n) is 5.79. The monoisotopic (exact) mass is 244 g/mol. The molecule has 0 fully saturated rings. The van der Waals surface area contributed by atoms with Crippen LogP contribution in [0, 0.1) is 20.8 Å². The van der Waals surface area contributed by atoms with Crippen LogP contribution in [-0.4, -0.2) is 21.1 Å². The number of anilines is 1. The summed E-state index contributed by atoms with van der Waals surface area (Å²) in [4.78, 5) is 15.9. The molecule has 5 heteroatoms. The van der Waals surface area contributed by atoms with E-state index in [0.717, 1.165) is 16.7 Å². The molecule has 0 aliphatic heterocycles. The third kappa shape index (κ3) is 2.94. The van der Waals surface area contributed by atoms with E-state index in [1.807, 2.05) is 32.0 Å². The molecule has 1 heterocycles. The van der Waals surface area contributed by atoms with E-state index >= 15 is 0 Å². The fraction of sp³-hybridized carbons (Fsp3) is 0.308. The Morgan fingerprint density at radius 2 is 2.11 bits per heavy atom. The Bertz CT molecular complexity index is 574. The quantitative estimate of drug-likeness (QED) is 0.866. The molecule has 1 aromatic heterocycles. The minimum atomic E-state index is -0.109. The summed E-state index contributed by atoms with van der Waals surface area (Å²) in [7, 11) is 0. The Kier molecular flexibility index (Phi) is 3.41. The van der Waals surface area contributed by atoms with E-state index in [1.54, 1.807) is 6.92 Å². The number of benzene rings is 1. The van der Waals surface area contributed by atoms with Crippen molar-refractivity contribution in [3.05, 3.63) is 40.7 Å². The highest BCUT2D eigenvalue weighted by molar-refractivity contribution is 5.90. The van der Waals surface area contributed by atoms with Gasteiger partial charge in [0.2, 0.25) is 11.9 Å². The van der Waals surface area contributed by atoms with Crippen LogP contribution < -0.4 is 5.32 Å². The Morgan fingerprint density at radius 3 is 2.78 bits per heavy atom. The summed E-state index contributed by atoms with van der Waals surface area (Å²) < 4.78 is 0. The zero-order chi connectivity index (χ0) is 13.1. The highest BCUT2D eigenvalue weighted by atomic mass is 16.1. The molecule has 0 spiro atoms. The van der Waals surface area contributed by atoms with Crippen LogP contribution in [0.1, 0.15) is 22.5 Å². The first-order chi connectivity index (χ1) is 8.54. The van der Waals surface area contributed by atoms with Crippen molar-refractivity contribution in [2.45, 2.75) is 27.2 Å². The summed E-state index contributed by atoms with van der Waals surface area (Å²) in [6.07, 6.45) is 0.334. The van der Waals surface area contributed by atoms with E-state index in [-0.39, 0.29) is 5.91 Å². The standard InChI is InChI=1S/C13H16N4O/c1-8-4-5-9(2)11(6-8)7-12(18)15-13-14-10(3)16-17-13/h4-6H,7H2,1-3H3,(H2,14,15,16,17,18). The number of aryl methyl sites for hydroxylation is 3.